The van der Waals surface area contributed by atoms with Crippen molar-refractivity contribution in [3.05, 3.63) is 29.4 Å². The molecule has 0 saturated carbocycles. The van der Waals surface area contributed by atoms with Gasteiger partial charge in [0, 0.05) is 31.1 Å². The Morgan fingerprint density at radius 3 is 2.57 bits per heavy atom. The molecule has 2 N–H and O–H groups in total. The standard InChI is InChI=1S/C14H19F3N4/c1-9(2)13-19-8-12(11(7-18)20-13)21-5-3-10(4-6-21)14(15,16)17/h3,8-9H,4-7,18H2,1-2H3. The second kappa shape index (κ2) is 6.01. The van der Waals surface area contributed by atoms with Crippen molar-refractivity contribution < 1.29 is 13.2 Å². The Labute approximate surface area is 121 Å². The summed E-state index contributed by atoms with van der Waals surface area (Å²) in [5.41, 5.74) is 6.65. The van der Waals surface area contributed by atoms with E-state index in [2.05, 4.69) is 9.97 Å². The molecule has 0 unspecified atom stereocenters. The Hall–Kier alpha value is -1.63. The predicted octanol–water partition coefficient (Wildman–Crippen LogP) is 2.76. The number of nitrogens with two attached hydrogens (primary N) is 1. The molecule has 0 atom stereocenters. The van der Waals surface area contributed by atoms with E-state index in [1.807, 2.05) is 18.7 Å². The monoisotopic (exact) mass is 300 g/mol. The van der Waals surface area contributed by atoms with E-state index in [-0.39, 0.29) is 25.4 Å². The van der Waals surface area contributed by atoms with Crippen molar-refractivity contribution in [3.63, 3.8) is 0 Å². The van der Waals surface area contributed by atoms with Gasteiger partial charge in [-0.25, -0.2) is 9.97 Å². The second-order valence-corrected chi connectivity index (χ2v) is 5.34. The van der Waals surface area contributed by atoms with Crippen molar-refractivity contribution in [2.75, 3.05) is 18.0 Å². The van der Waals surface area contributed by atoms with E-state index in [0.717, 1.165) is 5.69 Å². The molecule has 21 heavy (non-hydrogen) atoms. The summed E-state index contributed by atoms with van der Waals surface area (Å²) < 4.78 is 37.9. The second-order valence-electron chi connectivity index (χ2n) is 5.34. The summed E-state index contributed by atoms with van der Waals surface area (Å²) in [5, 5.41) is 0. The van der Waals surface area contributed by atoms with Gasteiger partial charge in [0.05, 0.1) is 17.6 Å². The summed E-state index contributed by atoms with van der Waals surface area (Å²) in [5.74, 6) is 0.880. The van der Waals surface area contributed by atoms with Gasteiger partial charge in [-0.05, 0) is 6.42 Å². The Balaban J connectivity index is 2.22. The van der Waals surface area contributed by atoms with Gasteiger partial charge < -0.3 is 10.6 Å². The first kappa shape index (κ1) is 15.8. The number of anilines is 1. The molecule has 0 radical (unpaired) electrons. The molecular weight excluding hydrogens is 281 g/mol. The van der Waals surface area contributed by atoms with Crippen molar-refractivity contribution in [2.24, 2.45) is 5.73 Å². The number of rotatable bonds is 3. The minimum absolute atomic E-state index is 0.0283. The molecule has 0 saturated heterocycles. The Morgan fingerprint density at radius 1 is 1.38 bits per heavy atom. The van der Waals surface area contributed by atoms with E-state index in [9.17, 15) is 13.2 Å². The maximum atomic E-state index is 12.6. The predicted molar refractivity (Wildman–Crippen MR) is 75.0 cm³/mol. The molecule has 4 nitrogen and oxygen atoms in total. The normalized spacial score (nSPS) is 16.3. The fourth-order valence-corrected chi connectivity index (χ4v) is 2.26. The number of nitrogens with zero attached hydrogens (tertiary/aromatic N) is 3. The van der Waals surface area contributed by atoms with Crippen molar-refractivity contribution in [3.8, 4) is 0 Å². The van der Waals surface area contributed by atoms with E-state index in [4.69, 9.17) is 5.73 Å². The highest BCUT2D eigenvalue weighted by atomic mass is 19.4. The maximum Gasteiger partial charge on any atom is 0.412 e. The highest BCUT2D eigenvalue weighted by Crippen LogP contribution is 2.32. The van der Waals surface area contributed by atoms with Gasteiger partial charge >= 0.3 is 6.18 Å². The molecule has 1 aromatic heterocycles. The number of hydrogen-bond acceptors (Lipinski definition) is 4. The van der Waals surface area contributed by atoms with Crippen LogP contribution in [0.15, 0.2) is 17.8 Å². The zero-order chi connectivity index (χ0) is 15.6. The van der Waals surface area contributed by atoms with Crippen LogP contribution in [0.25, 0.3) is 0 Å². The van der Waals surface area contributed by atoms with Crippen molar-refractivity contribution in [1.82, 2.24) is 9.97 Å². The smallest absolute Gasteiger partial charge is 0.365 e. The minimum Gasteiger partial charge on any atom is -0.365 e. The van der Waals surface area contributed by atoms with E-state index in [0.29, 0.717) is 18.1 Å². The lowest BCUT2D eigenvalue weighted by Crippen LogP contribution is -2.33. The largest absolute Gasteiger partial charge is 0.412 e. The quantitative estimate of drug-likeness (QED) is 0.872. The van der Waals surface area contributed by atoms with Crippen LogP contribution >= 0.6 is 0 Å². The van der Waals surface area contributed by atoms with E-state index in [1.54, 1.807) is 6.20 Å². The number of hydrogen-bond donors (Lipinski definition) is 1. The first-order valence-corrected chi connectivity index (χ1v) is 6.90. The van der Waals surface area contributed by atoms with Crippen LogP contribution in [-0.2, 0) is 6.54 Å². The van der Waals surface area contributed by atoms with Gasteiger partial charge in [0.1, 0.15) is 5.82 Å². The first-order chi connectivity index (χ1) is 9.82. The summed E-state index contributed by atoms with van der Waals surface area (Å²) in [6, 6.07) is 0. The van der Waals surface area contributed by atoms with E-state index >= 15 is 0 Å². The summed E-state index contributed by atoms with van der Waals surface area (Å²) in [6.45, 7) is 4.70. The third kappa shape index (κ3) is 3.53. The van der Waals surface area contributed by atoms with Crippen LogP contribution in [0.5, 0.6) is 0 Å². The lowest BCUT2D eigenvalue weighted by molar-refractivity contribution is -0.0943. The van der Waals surface area contributed by atoms with Crippen molar-refractivity contribution in [2.45, 2.75) is 38.9 Å². The SMILES string of the molecule is CC(C)c1ncc(N2CC=C(C(F)(F)F)CC2)c(CN)n1. The molecule has 116 valence electrons. The molecule has 0 amide bonds. The van der Waals surface area contributed by atoms with Gasteiger partial charge in [0.15, 0.2) is 0 Å². The topological polar surface area (TPSA) is 55.0 Å². The van der Waals surface area contributed by atoms with Crippen LogP contribution in [-0.4, -0.2) is 29.2 Å². The Kier molecular flexibility index (Phi) is 4.51. The Morgan fingerprint density at radius 2 is 2.10 bits per heavy atom. The summed E-state index contributed by atoms with van der Waals surface area (Å²) >= 11 is 0. The van der Waals surface area contributed by atoms with Crippen LogP contribution in [0.2, 0.25) is 0 Å². The molecule has 1 aliphatic heterocycles. The van der Waals surface area contributed by atoms with Crippen LogP contribution in [0.3, 0.4) is 0 Å². The fourth-order valence-electron chi connectivity index (χ4n) is 2.26. The van der Waals surface area contributed by atoms with Crippen LogP contribution < -0.4 is 10.6 Å². The summed E-state index contributed by atoms with van der Waals surface area (Å²) in [7, 11) is 0. The molecule has 1 aliphatic rings. The number of aromatic nitrogens is 2. The Bertz CT molecular complexity index is 538. The molecule has 1 aromatic rings. The summed E-state index contributed by atoms with van der Waals surface area (Å²) in [4.78, 5) is 10.5. The van der Waals surface area contributed by atoms with Crippen molar-refractivity contribution in [1.29, 1.82) is 0 Å². The average Bonchev–Trinajstić information content (AvgIpc) is 2.45. The molecule has 7 heteroatoms. The van der Waals surface area contributed by atoms with Crippen LogP contribution in [0.1, 0.15) is 37.7 Å². The third-order valence-electron chi connectivity index (χ3n) is 3.49. The highest BCUT2D eigenvalue weighted by Gasteiger charge is 2.35. The zero-order valence-electron chi connectivity index (χ0n) is 12.1. The molecule has 0 aromatic carbocycles. The lowest BCUT2D eigenvalue weighted by atomic mass is 10.1. The molecule has 2 heterocycles. The van der Waals surface area contributed by atoms with Crippen LogP contribution in [0.4, 0.5) is 18.9 Å². The van der Waals surface area contributed by atoms with Gasteiger partial charge in [0.25, 0.3) is 0 Å². The van der Waals surface area contributed by atoms with Gasteiger partial charge in [-0.15, -0.1) is 0 Å². The maximum absolute atomic E-state index is 12.6. The molecule has 0 spiro atoms. The van der Waals surface area contributed by atoms with Gasteiger partial charge in [-0.2, -0.15) is 13.2 Å². The number of alkyl halides is 3. The van der Waals surface area contributed by atoms with Gasteiger partial charge in [-0.1, -0.05) is 19.9 Å². The zero-order valence-corrected chi connectivity index (χ0v) is 12.1. The molecule has 0 aliphatic carbocycles. The van der Waals surface area contributed by atoms with E-state index < -0.39 is 11.7 Å². The highest BCUT2D eigenvalue weighted by molar-refractivity contribution is 5.51. The van der Waals surface area contributed by atoms with E-state index in [1.165, 1.54) is 6.08 Å². The summed E-state index contributed by atoms with van der Waals surface area (Å²) in [6.07, 6.45) is -1.38. The van der Waals surface area contributed by atoms with Gasteiger partial charge in [0.2, 0.25) is 0 Å². The average molecular weight is 300 g/mol. The molecule has 0 fully saturated rings. The fraction of sp³-hybridized carbons (Fsp3) is 0.571. The van der Waals surface area contributed by atoms with Crippen molar-refractivity contribution >= 4 is 5.69 Å². The van der Waals surface area contributed by atoms with Crippen LogP contribution in [0, 0.1) is 0 Å². The lowest BCUT2D eigenvalue weighted by Gasteiger charge is -2.30. The van der Waals surface area contributed by atoms with Gasteiger partial charge in [-0.3, -0.25) is 0 Å². The third-order valence-corrected chi connectivity index (χ3v) is 3.49. The molecule has 0 bridgehead atoms. The molecule has 2 rings (SSSR count). The number of halogens is 3. The molecular formula is C14H19F3N4. The first-order valence-electron chi connectivity index (χ1n) is 6.90. The minimum atomic E-state index is -4.24.